The van der Waals surface area contributed by atoms with E-state index in [1.54, 1.807) is 28.1 Å². The molecule has 0 aliphatic carbocycles. The van der Waals surface area contributed by atoms with Crippen molar-refractivity contribution in [3.63, 3.8) is 0 Å². The summed E-state index contributed by atoms with van der Waals surface area (Å²) in [6.07, 6.45) is -1.60. The first-order chi connectivity index (χ1) is 20.6. The minimum Gasteiger partial charge on any atom is -0.406 e. The second-order valence-corrected chi connectivity index (χ2v) is 11.2. The van der Waals surface area contributed by atoms with E-state index in [4.69, 9.17) is 0 Å². The van der Waals surface area contributed by atoms with Gasteiger partial charge < -0.3 is 4.74 Å². The lowest BCUT2D eigenvalue weighted by molar-refractivity contribution is -0.274. The molecule has 218 valence electrons. The molecule has 0 N–H and O–H groups in total. The molecule has 43 heavy (non-hydrogen) atoms. The summed E-state index contributed by atoms with van der Waals surface area (Å²) in [7, 11) is 0. The quantitative estimate of drug-likeness (QED) is 0.150. The molecule has 1 aliphatic heterocycles. The van der Waals surface area contributed by atoms with E-state index in [1.165, 1.54) is 36.0 Å². The Morgan fingerprint density at radius 3 is 2.58 bits per heavy atom. The van der Waals surface area contributed by atoms with Crippen LogP contribution < -0.4 is 9.64 Å². The van der Waals surface area contributed by atoms with Gasteiger partial charge in [0.05, 0.1) is 39.9 Å². The Morgan fingerprint density at radius 2 is 1.84 bits per heavy atom. The van der Waals surface area contributed by atoms with Gasteiger partial charge in [0.2, 0.25) is 5.91 Å². The SMILES string of the molecule is Cc1ccc(C(C)C)c(N2C(=O)CS/C2=N\N=C\c2ccc3c(ccc4c3ncn4-c3ccc(OC(F)(F)F)cc3)n2)c1. The van der Waals surface area contributed by atoms with Crippen molar-refractivity contribution in [1.82, 2.24) is 14.5 Å². The zero-order valence-electron chi connectivity index (χ0n) is 23.3. The second kappa shape index (κ2) is 11.2. The molecule has 1 fully saturated rings. The summed E-state index contributed by atoms with van der Waals surface area (Å²) in [6.45, 7) is 6.18. The lowest BCUT2D eigenvalue weighted by Crippen LogP contribution is -2.30. The van der Waals surface area contributed by atoms with E-state index in [-0.39, 0.29) is 17.6 Å². The maximum atomic E-state index is 12.8. The highest BCUT2D eigenvalue weighted by atomic mass is 32.2. The van der Waals surface area contributed by atoms with Gasteiger partial charge in [0.1, 0.15) is 12.1 Å². The molecule has 2 aromatic heterocycles. The summed E-state index contributed by atoms with van der Waals surface area (Å²) in [4.78, 5) is 23.7. The first-order valence-electron chi connectivity index (χ1n) is 13.4. The van der Waals surface area contributed by atoms with Gasteiger partial charge in [0, 0.05) is 11.1 Å². The summed E-state index contributed by atoms with van der Waals surface area (Å²) in [5.74, 6) is 0.194. The Balaban J connectivity index is 1.26. The standard InChI is InChI=1S/C31H25F3N6O2S/c1-18(2)23-10-4-19(3)14-27(23)40-28(41)16-43-30(40)38-36-15-20-5-11-24-25(37-20)12-13-26-29(24)35-17-39(26)21-6-8-22(9-7-21)42-31(32,33)34/h4-15,17-18H,16H2,1-3H3/b36-15+,38-30-. The fraction of sp³-hybridized carbons (Fsp3) is 0.194. The van der Waals surface area contributed by atoms with E-state index in [0.717, 1.165) is 27.7 Å². The number of carbonyl (C=O) groups is 1. The van der Waals surface area contributed by atoms with Crippen LogP contribution in [0, 0.1) is 6.92 Å². The minimum absolute atomic E-state index is 0.0377. The summed E-state index contributed by atoms with van der Waals surface area (Å²) < 4.78 is 43.3. The average molecular weight is 603 g/mol. The number of hydrogen-bond donors (Lipinski definition) is 0. The van der Waals surface area contributed by atoms with Crippen molar-refractivity contribution in [2.45, 2.75) is 33.1 Å². The van der Waals surface area contributed by atoms with Gasteiger partial charge in [-0.05, 0) is 78.6 Å². The third-order valence-electron chi connectivity index (χ3n) is 6.90. The molecule has 0 bridgehead atoms. The summed E-state index contributed by atoms with van der Waals surface area (Å²) in [6, 6.07) is 19.1. The van der Waals surface area contributed by atoms with Gasteiger partial charge in [-0.2, -0.15) is 5.10 Å². The van der Waals surface area contributed by atoms with Crippen LogP contribution in [-0.2, 0) is 4.79 Å². The molecular formula is C31H25F3N6O2S. The Labute approximate surface area is 248 Å². The minimum atomic E-state index is -4.75. The highest BCUT2D eigenvalue weighted by Crippen LogP contribution is 2.34. The van der Waals surface area contributed by atoms with Crippen molar-refractivity contribution in [3.8, 4) is 11.4 Å². The number of anilines is 1. The molecule has 1 amide bonds. The number of carbonyl (C=O) groups excluding carboxylic acids is 1. The van der Waals surface area contributed by atoms with Gasteiger partial charge in [-0.1, -0.05) is 37.7 Å². The van der Waals surface area contributed by atoms with Crippen LogP contribution in [0.4, 0.5) is 18.9 Å². The molecule has 12 heteroatoms. The highest BCUT2D eigenvalue weighted by Gasteiger charge is 2.32. The summed E-state index contributed by atoms with van der Waals surface area (Å²) >= 11 is 1.35. The van der Waals surface area contributed by atoms with Gasteiger partial charge in [0.15, 0.2) is 5.17 Å². The molecule has 0 atom stereocenters. The topological polar surface area (TPSA) is 85.0 Å². The predicted molar refractivity (Wildman–Crippen MR) is 163 cm³/mol. The number of benzene rings is 3. The highest BCUT2D eigenvalue weighted by molar-refractivity contribution is 8.15. The van der Waals surface area contributed by atoms with Crippen LogP contribution >= 0.6 is 11.8 Å². The fourth-order valence-electron chi connectivity index (χ4n) is 4.93. The number of aromatic nitrogens is 3. The lowest BCUT2D eigenvalue weighted by atomic mass is 9.99. The number of imidazole rings is 1. The maximum absolute atomic E-state index is 12.8. The lowest BCUT2D eigenvalue weighted by Gasteiger charge is -2.21. The van der Waals surface area contributed by atoms with Crippen LogP contribution in [-0.4, -0.2) is 43.9 Å². The van der Waals surface area contributed by atoms with Crippen LogP contribution in [0.5, 0.6) is 5.75 Å². The Kier molecular flexibility index (Phi) is 7.38. The van der Waals surface area contributed by atoms with E-state index in [1.807, 2.05) is 37.3 Å². The van der Waals surface area contributed by atoms with Crippen molar-refractivity contribution < 1.29 is 22.7 Å². The van der Waals surface area contributed by atoms with E-state index < -0.39 is 6.36 Å². The average Bonchev–Trinajstić information content (AvgIpc) is 3.56. The van der Waals surface area contributed by atoms with Crippen LogP contribution in [0.15, 0.2) is 83.3 Å². The molecule has 5 aromatic rings. The van der Waals surface area contributed by atoms with E-state index >= 15 is 0 Å². The number of nitrogens with zero attached hydrogens (tertiary/aromatic N) is 6. The third-order valence-corrected chi connectivity index (χ3v) is 7.81. The molecule has 1 saturated heterocycles. The van der Waals surface area contributed by atoms with Crippen molar-refractivity contribution in [2.75, 3.05) is 10.7 Å². The predicted octanol–water partition coefficient (Wildman–Crippen LogP) is 7.37. The smallest absolute Gasteiger partial charge is 0.406 e. The van der Waals surface area contributed by atoms with Crippen molar-refractivity contribution >= 4 is 56.7 Å². The van der Waals surface area contributed by atoms with E-state index in [0.29, 0.717) is 33.3 Å². The zero-order valence-corrected chi connectivity index (χ0v) is 24.1. The maximum Gasteiger partial charge on any atom is 0.573 e. The van der Waals surface area contributed by atoms with Gasteiger partial charge in [-0.3, -0.25) is 14.3 Å². The van der Waals surface area contributed by atoms with Gasteiger partial charge in [0.25, 0.3) is 0 Å². The van der Waals surface area contributed by atoms with E-state index in [9.17, 15) is 18.0 Å². The largest absolute Gasteiger partial charge is 0.573 e. The number of amides is 1. The summed E-state index contributed by atoms with van der Waals surface area (Å²) in [5.41, 5.74) is 6.32. The number of pyridine rings is 1. The monoisotopic (exact) mass is 602 g/mol. The second-order valence-electron chi connectivity index (χ2n) is 10.3. The molecule has 6 rings (SSSR count). The fourth-order valence-corrected chi connectivity index (χ4v) is 5.75. The molecular weight excluding hydrogens is 577 g/mol. The molecule has 0 radical (unpaired) electrons. The van der Waals surface area contributed by atoms with Crippen LogP contribution in [0.25, 0.3) is 27.6 Å². The number of halogens is 3. The van der Waals surface area contributed by atoms with Crippen molar-refractivity contribution in [2.24, 2.45) is 10.2 Å². The normalized spacial score (nSPS) is 15.2. The molecule has 1 aliphatic rings. The molecule has 0 spiro atoms. The Morgan fingerprint density at radius 1 is 1.05 bits per heavy atom. The van der Waals surface area contributed by atoms with Gasteiger partial charge in [-0.15, -0.1) is 18.3 Å². The van der Waals surface area contributed by atoms with Crippen LogP contribution in [0.1, 0.15) is 36.6 Å². The first-order valence-corrected chi connectivity index (χ1v) is 14.4. The third kappa shape index (κ3) is 5.82. The molecule has 3 heterocycles. The number of hydrogen-bond acceptors (Lipinski definition) is 7. The van der Waals surface area contributed by atoms with Crippen LogP contribution in [0.3, 0.4) is 0 Å². The van der Waals surface area contributed by atoms with Gasteiger partial charge >= 0.3 is 6.36 Å². The number of fused-ring (bicyclic) bond motifs is 3. The van der Waals surface area contributed by atoms with Crippen molar-refractivity contribution in [3.05, 3.63) is 89.9 Å². The number of aryl methyl sites for hydroxylation is 1. The zero-order chi connectivity index (χ0) is 30.3. The van der Waals surface area contributed by atoms with Gasteiger partial charge in [-0.25, -0.2) is 9.97 Å². The number of amidine groups is 1. The van der Waals surface area contributed by atoms with E-state index in [2.05, 4.69) is 44.8 Å². The number of alkyl halides is 3. The Bertz CT molecular complexity index is 1920. The van der Waals surface area contributed by atoms with Crippen LogP contribution in [0.2, 0.25) is 0 Å². The first kappa shape index (κ1) is 28.4. The number of ether oxygens (including phenoxy) is 1. The summed E-state index contributed by atoms with van der Waals surface area (Å²) in [5, 5.41) is 9.95. The molecule has 0 saturated carbocycles. The molecule has 0 unspecified atom stereocenters. The number of thioether (sulfide) groups is 1. The molecule has 3 aromatic carbocycles. The number of rotatable bonds is 6. The Hall–Kier alpha value is -4.71. The van der Waals surface area contributed by atoms with Crippen molar-refractivity contribution in [1.29, 1.82) is 0 Å². The molecule has 8 nitrogen and oxygen atoms in total.